The smallest absolute Gasteiger partial charge is 0.311 e. The van der Waals surface area contributed by atoms with Gasteiger partial charge >= 0.3 is 5.69 Å². The van der Waals surface area contributed by atoms with Crippen LogP contribution in [0.3, 0.4) is 0 Å². The van der Waals surface area contributed by atoms with Crippen LogP contribution in [0.15, 0.2) is 78.9 Å². The number of amides is 2. The molecule has 9 heteroatoms. The molecule has 3 aromatic rings. The molecular formula is C28H31N3O6. The lowest BCUT2D eigenvalue weighted by Gasteiger charge is -2.32. The molecular weight excluding hydrogens is 474 g/mol. The molecule has 0 radical (unpaired) electrons. The fourth-order valence-electron chi connectivity index (χ4n) is 3.84. The van der Waals surface area contributed by atoms with Gasteiger partial charge in [0.2, 0.25) is 11.7 Å². The predicted molar refractivity (Wildman–Crippen MR) is 139 cm³/mol. The number of hydrogen-bond donors (Lipinski definition) is 1. The Kier molecular flexibility index (Phi) is 9.60. The maximum atomic E-state index is 13.6. The molecule has 0 bridgehead atoms. The average Bonchev–Trinajstić information content (AvgIpc) is 2.89. The summed E-state index contributed by atoms with van der Waals surface area (Å²) in [5.41, 5.74) is 1.57. The Morgan fingerprint density at radius 2 is 1.59 bits per heavy atom. The molecule has 194 valence electrons. The van der Waals surface area contributed by atoms with Crippen molar-refractivity contribution in [3.63, 3.8) is 0 Å². The molecule has 0 heterocycles. The van der Waals surface area contributed by atoms with Gasteiger partial charge in [0.15, 0.2) is 6.61 Å². The van der Waals surface area contributed by atoms with Crippen molar-refractivity contribution in [2.45, 2.75) is 38.9 Å². The second-order valence-corrected chi connectivity index (χ2v) is 8.76. The molecule has 1 atom stereocenters. The Balaban J connectivity index is 1.89. The molecule has 3 aromatic carbocycles. The van der Waals surface area contributed by atoms with Gasteiger partial charge in [-0.25, -0.2) is 0 Å². The molecule has 9 nitrogen and oxygen atoms in total. The minimum absolute atomic E-state index is 0.0226. The van der Waals surface area contributed by atoms with Crippen molar-refractivity contribution < 1.29 is 24.0 Å². The van der Waals surface area contributed by atoms with Crippen molar-refractivity contribution in [3.8, 4) is 11.5 Å². The lowest BCUT2D eigenvalue weighted by Crippen LogP contribution is -2.52. The summed E-state index contributed by atoms with van der Waals surface area (Å²) in [6, 6.07) is 22.1. The van der Waals surface area contributed by atoms with Gasteiger partial charge in [0, 0.05) is 31.1 Å². The zero-order valence-corrected chi connectivity index (χ0v) is 21.1. The van der Waals surface area contributed by atoms with Crippen LogP contribution < -0.4 is 14.8 Å². The predicted octanol–water partition coefficient (Wildman–Crippen LogP) is 4.15. The van der Waals surface area contributed by atoms with Gasteiger partial charge in [-0.3, -0.25) is 19.7 Å². The van der Waals surface area contributed by atoms with Crippen LogP contribution in [0.2, 0.25) is 0 Å². The van der Waals surface area contributed by atoms with E-state index in [-0.39, 0.29) is 42.3 Å². The van der Waals surface area contributed by atoms with Crippen LogP contribution in [0.5, 0.6) is 11.5 Å². The summed E-state index contributed by atoms with van der Waals surface area (Å²) in [6.45, 7) is 3.57. The van der Waals surface area contributed by atoms with E-state index in [4.69, 9.17) is 9.47 Å². The van der Waals surface area contributed by atoms with E-state index in [0.29, 0.717) is 6.42 Å². The number of hydrogen-bond acceptors (Lipinski definition) is 6. The Morgan fingerprint density at radius 1 is 0.973 bits per heavy atom. The summed E-state index contributed by atoms with van der Waals surface area (Å²) < 4.78 is 10.8. The monoisotopic (exact) mass is 505 g/mol. The third-order valence-corrected chi connectivity index (χ3v) is 5.61. The van der Waals surface area contributed by atoms with E-state index in [9.17, 15) is 19.7 Å². The van der Waals surface area contributed by atoms with Crippen molar-refractivity contribution in [3.05, 3.63) is 100 Å². The first-order valence-corrected chi connectivity index (χ1v) is 11.9. The maximum Gasteiger partial charge on any atom is 0.311 e. The first kappa shape index (κ1) is 27.2. The van der Waals surface area contributed by atoms with Crippen LogP contribution in [0.25, 0.3) is 0 Å². The van der Waals surface area contributed by atoms with Gasteiger partial charge in [0.1, 0.15) is 11.8 Å². The summed E-state index contributed by atoms with van der Waals surface area (Å²) >= 11 is 0. The van der Waals surface area contributed by atoms with Gasteiger partial charge in [-0.05, 0) is 31.0 Å². The summed E-state index contributed by atoms with van der Waals surface area (Å²) in [5, 5.41) is 14.1. The first-order valence-electron chi connectivity index (χ1n) is 11.9. The topological polar surface area (TPSA) is 111 Å². The maximum absolute atomic E-state index is 13.6. The molecule has 0 aliphatic rings. The highest BCUT2D eigenvalue weighted by molar-refractivity contribution is 5.88. The van der Waals surface area contributed by atoms with Crippen LogP contribution in [-0.2, 0) is 22.6 Å². The highest BCUT2D eigenvalue weighted by Gasteiger charge is 2.31. The van der Waals surface area contributed by atoms with E-state index >= 15 is 0 Å². The Hall–Kier alpha value is -4.40. The standard InChI is InChI=1S/C28H31N3O6/c1-20(2)29-28(33)25(16-21-10-6-4-7-11-21)30(18-22-12-8-5-9-13-22)27(32)19-37-23-14-15-24(31(34)35)26(17-23)36-3/h4-15,17,20,25H,16,18-19H2,1-3H3,(H,29,33)/t25-/m1/s1. The van der Waals surface area contributed by atoms with Crippen molar-refractivity contribution in [2.75, 3.05) is 13.7 Å². The number of carbonyl (C=O) groups is 2. The van der Waals surface area contributed by atoms with E-state index in [2.05, 4.69) is 5.32 Å². The summed E-state index contributed by atoms with van der Waals surface area (Å²) in [6.07, 6.45) is 0.323. The van der Waals surface area contributed by atoms with Crippen molar-refractivity contribution in [1.82, 2.24) is 10.2 Å². The zero-order valence-electron chi connectivity index (χ0n) is 21.1. The highest BCUT2D eigenvalue weighted by atomic mass is 16.6. The minimum atomic E-state index is -0.785. The van der Waals surface area contributed by atoms with E-state index in [1.807, 2.05) is 74.5 Å². The second-order valence-electron chi connectivity index (χ2n) is 8.76. The van der Waals surface area contributed by atoms with Crippen molar-refractivity contribution in [2.24, 2.45) is 0 Å². The number of ether oxygens (including phenoxy) is 2. The van der Waals surface area contributed by atoms with Crippen LogP contribution in [0.4, 0.5) is 5.69 Å². The van der Waals surface area contributed by atoms with Crippen LogP contribution in [0.1, 0.15) is 25.0 Å². The lowest BCUT2D eigenvalue weighted by atomic mass is 10.0. The van der Waals surface area contributed by atoms with Gasteiger partial charge in [0.25, 0.3) is 5.91 Å². The minimum Gasteiger partial charge on any atom is -0.490 e. The van der Waals surface area contributed by atoms with Gasteiger partial charge < -0.3 is 19.7 Å². The van der Waals surface area contributed by atoms with Crippen molar-refractivity contribution >= 4 is 17.5 Å². The van der Waals surface area contributed by atoms with Gasteiger partial charge in [-0.2, -0.15) is 0 Å². The summed E-state index contributed by atoms with van der Waals surface area (Å²) in [5.74, 6) is -0.405. The summed E-state index contributed by atoms with van der Waals surface area (Å²) in [4.78, 5) is 39.0. The number of methoxy groups -OCH3 is 1. The largest absolute Gasteiger partial charge is 0.490 e. The lowest BCUT2D eigenvalue weighted by molar-refractivity contribution is -0.385. The number of nitro groups is 1. The zero-order chi connectivity index (χ0) is 26.8. The Morgan fingerprint density at radius 3 is 2.16 bits per heavy atom. The SMILES string of the molecule is COc1cc(OCC(=O)N(Cc2ccccc2)[C@H](Cc2ccccc2)C(=O)NC(C)C)ccc1[N+](=O)[O-]. The van der Waals surface area contributed by atoms with Gasteiger partial charge in [-0.1, -0.05) is 60.7 Å². The van der Waals surface area contributed by atoms with E-state index in [0.717, 1.165) is 11.1 Å². The third kappa shape index (κ3) is 7.79. The number of rotatable bonds is 12. The third-order valence-electron chi connectivity index (χ3n) is 5.61. The fraction of sp³-hybridized carbons (Fsp3) is 0.286. The number of benzene rings is 3. The molecule has 0 aliphatic heterocycles. The normalized spacial score (nSPS) is 11.5. The van der Waals surface area contributed by atoms with Crippen LogP contribution in [-0.4, -0.2) is 47.4 Å². The molecule has 1 N–H and O–H groups in total. The average molecular weight is 506 g/mol. The molecule has 37 heavy (non-hydrogen) atoms. The molecule has 0 aliphatic carbocycles. The Labute approximate surface area is 216 Å². The van der Waals surface area contributed by atoms with E-state index in [1.165, 1.54) is 30.2 Å². The molecule has 0 unspecified atom stereocenters. The quantitative estimate of drug-likeness (QED) is 0.292. The van der Waals surface area contributed by atoms with Crippen LogP contribution >= 0.6 is 0 Å². The van der Waals surface area contributed by atoms with Gasteiger partial charge in [0.05, 0.1) is 12.0 Å². The first-order chi connectivity index (χ1) is 17.8. The number of carbonyl (C=O) groups excluding carboxylic acids is 2. The highest BCUT2D eigenvalue weighted by Crippen LogP contribution is 2.30. The fourth-order valence-corrected chi connectivity index (χ4v) is 3.84. The molecule has 0 saturated carbocycles. The van der Waals surface area contributed by atoms with E-state index in [1.54, 1.807) is 0 Å². The number of nitrogens with zero attached hydrogens (tertiary/aromatic N) is 2. The van der Waals surface area contributed by atoms with E-state index < -0.39 is 16.9 Å². The molecule has 0 spiro atoms. The van der Waals surface area contributed by atoms with Crippen molar-refractivity contribution in [1.29, 1.82) is 0 Å². The number of nitro benzene ring substituents is 1. The molecule has 0 saturated heterocycles. The van der Waals surface area contributed by atoms with Gasteiger partial charge in [-0.15, -0.1) is 0 Å². The second kappa shape index (κ2) is 13.1. The molecule has 0 aromatic heterocycles. The molecule has 0 fully saturated rings. The van der Waals surface area contributed by atoms with Crippen LogP contribution in [0, 0.1) is 10.1 Å². The number of nitrogens with one attached hydrogen (secondary N) is 1. The molecule has 3 rings (SSSR count). The summed E-state index contributed by atoms with van der Waals surface area (Å²) in [7, 11) is 1.32. The molecule has 2 amide bonds. The Bertz CT molecular complexity index is 1200.